The molecule has 0 saturated heterocycles. The van der Waals surface area contributed by atoms with E-state index in [4.69, 9.17) is 4.74 Å². The number of aromatic nitrogens is 2. The Hall–Kier alpha value is -1.56. The molecule has 0 fully saturated rings. The molecule has 1 rings (SSSR count). The zero-order chi connectivity index (χ0) is 8.65. The van der Waals surface area contributed by atoms with Crippen molar-refractivity contribution in [3.63, 3.8) is 0 Å². The van der Waals surface area contributed by atoms with Crippen LogP contribution in [0.25, 0.3) is 0 Å². The Bertz CT molecular complexity index is 274. The second-order valence-corrected chi connectivity index (χ2v) is 2.04. The third-order valence-electron chi connectivity index (χ3n) is 1.15. The summed E-state index contributed by atoms with van der Waals surface area (Å²) in [4.78, 5) is 7.64. The summed E-state index contributed by atoms with van der Waals surface area (Å²) in [7, 11) is 0. The van der Waals surface area contributed by atoms with Gasteiger partial charge in [0, 0.05) is 18.7 Å². The van der Waals surface area contributed by atoms with Gasteiger partial charge in [0.1, 0.15) is 6.33 Å². The standard InChI is InChI=1S/C9H10N2O/c1-2-3-4-7-12-9-5-6-10-8-11-9/h5-6,8H,2,7H2,1H3. The van der Waals surface area contributed by atoms with Crippen molar-refractivity contribution in [3.05, 3.63) is 18.6 Å². The van der Waals surface area contributed by atoms with Crippen molar-refractivity contribution in [2.75, 3.05) is 6.61 Å². The lowest BCUT2D eigenvalue weighted by Gasteiger charge is -1.97. The summed E-state index contributed by atoms with van der Waals surface area (Å²) in [6.07, 6.45) is 3.94. The summed E-state index contributed by atoms with van der Waals surface area (Å²) >= 11 is 0. The van der Waals surface area contributed by atoms with Crippen molar-refractivity contribution in [2.45, 2.75) is 13.3 Å². The molecule has 3 nitrogen and oxygen atoms in total. The van der Waals surface area contributed by atoms with Gasteiger partial charge < -0.3 is 4.74 Å². The SMILES string of the molecule is CCC#CCOc1ccncn1. The van der Waals surface area contributed by atoms with Crippen LogP contribution >= 0.6 is 0 Å². The van der Waals surface area contributed by atoms with Crippen molar-refractivity contribution < 1.29 is 4.74 Å². The van der Waals surface area contributed by atoms with Crippen LogP contribution in [0.5, 0.6) is 5.88 Å². The van der Waals surface area contributed by atoms with Crippen LogP contribution in [-0.2, 0) is 0 Å². The van der Waals surface area contributed by atoms with E-state index in [1.807, 2.05) is 6.92 Å². The lowest BCUT2D eigenvalue weighted by molar-refractivity contribution is 0.354. The number of hydrogen-bond acceptors (Lipinski definition) is 3. The van der Waals surface area contributed by atoms with Gasteiger partial charge in [-0.05, 0) is 0 Å². The fourth-order valence-electron chi connectivity index (χ4n) is 0.650. The van der Waals surface area contributed by atoms with Gasteiger partial charge >= 0.3 is 0 Å². The van der Waals surface area contributed by atoms with Crippen molar-refractivity contribution in [2.24, 2.45) is 0 Å². The van der Waals surface area contributed by atoms with Gasteiger partial charge in [0.25, 0.3) is 0 Å². The highest BCUT2D eigenvalue weighted by Gasteiger charge is 1.88. The van der Waals surface area contributed by atoms with Crippen LogP contribution in [0.1, 0.15) is 13.3 Å². The molecule has 0 aliphatic rings. The van der Waals surface area contributed by atoms with Crippen LogP contribution < -0.4 is 4.74 Å². The Morgan fingerprint density at radius 3 is 3.08 bits per heavy atom. The lowest BCUT2D eigenvalue weighted by atomic mass is 10.5. The molecule has 0 atom stereocenters. The van der Waals surface area contributed by atoms with Crippen molar-refractivity contribution in [1.82, 2.24) is 9.97 Å². The molecule has 1 aromatic heterocycles. The van der Waals surface area contributed by atoms with Crippen LogP contribution in [0, 0.1) is 11.8 Å². The third kappa shape index (κ3) is 3.02. The van der Waals surface area contributed by atoms with Gasteiger partial charge in [0.15, 0.2) is 6.61 Å². The highest BCUT2D eigenvalue weighted by Crippen LogP contribution is 1.99. The molecule has 12 heavy (non-hydrogen) atoms. The second kappa shape index (κ2) is 5.14. The lowest BCUT2D eigenvalue weighted by Crippen LogP contribution is -1.95. The van der Waals surface area contributed by atoms with E-state index in [1.165, 1.54) is 6.33 Å². The molecular formula is C9H10N2O. The smallest absolute Gasteiger partial charge is 0.217 e. The van der Waals surface area contributed by atoms with Crippen LogP contribution in [0.15, 0.2) is 18.6 Å². The first-order chi connectivity index (χ1) is 5.93. The minimum Gasteiger partial charge on any atom is -0.464 e. The van der Waals surface area contributed by atoms with Crippen molar-refractivity contribution in [3.8, 4) is 17.7 Å². The van der Waals surface area contributed by atoms with E-state index in [-0.39, 0.29) is 0 Å². The molecule has 1 heterocycles. The maximum atomic E-state index is 5.18. The van der Waals surface area contributed by atoms with E-state index in [1.54, 1.807) is 12.3 Å². The first-order valence-electron chi connectivity index (χ1n) is 3.78. The zero-order valence-corrected chi connectivity index (χ0v) is 6.95. The Morgan fingerprint density at radius 1 is 1.50 bits per heavy atom. The number of rotatable bonds is 2. The summed E-state index contributed by atoms with van der Waals surface area (Å²) in [5.74, 6) is 6.32. The summed E-state index contributed by atoms with van der Waals surface area (Å²) in [6, 6.07) is 1.70. The Balaban J connectivity index is 2.34. The minimum atomic E-state index is 0.394. The van der Waals surface area contributed by atoms with Gasteiger partial charge in [0.05, 0.1) is 0 Å². The van der Waals surface area contributed by atoms with Crippen LogP contribution in [-0.4, -0.2) is 16.6 Å². The van der Waals surface area contributed by atoms with E-state index >= 15 is 0 Å². The molecule has 62 valence electrons. The Kier molecular flexibility index (Phi) is 3.65. The zero-order valence-electron chi connectivity index (χ0n) is 6.95. The highest BCUT2D eigenvalue weighted by molar-refractivity contribution is 5.07. The fraction of sp³-hybridized carbons (Fsp3) is 0.333. The van der Waals surface area contributed by atoms with Gasteiger partial charge in [-0.2, -0.15) is 0 Å². The normalized spacial score (nSPS) is 8.42. The van der Waals surface area contributed by atoms with Crippen LogP contribution in [0.3, 0.4) is 0 Å². The predicted molar refractivity (Wildman–Crippen MR) is 45.6 cm³/mol. The maximum absolute atomic E-state index is 5.18. The molecule has 0 spiro atoms. The van der Waals surface area contributed by atoms with E-state index in [2.05, 4.69) is 21.8 Å². The molecule has 0 N–H and O–H groups in total. The largest absolute Gasteiger partial charge is 0.464 e. The van der Waals surface area contributed by atoms with Gasteiger partial charge in [-0.25, -0.2) is 9.97 Å². The molecule has 0 unspecified atom stereocenters. The van der Waals surface area contributed by atoms with Crippen LogP contribution in [0.4, 0.5) is 0 Å². The topological polar surface area (TPSA) is 35.0 Å². The first kappa shape index (κ1) is 8.54. The molecule has 0 aliphatic heterocycles. The Labute approximate surface area is 71.8 Å². The van der Waals surface area contributed by atoms with Gasteiger partial charge in [-0.1, -0.05) is 12.8 Å². The molecule has 0 amide bonds. The first-order valence-corrected chi connectivity index (χ1v) is 3.78. The number of nitrogens with zero attached hydrogens (tertiary/aromatic N) is 2. The molecule has 0 aromatic carbocycles. The second-order valence-electron chi connectivity index (χ2n) is 2.04. The fourth-order valence-corrected chi connectivity index (χ4v) is 0.650. The molecular weight excluding hydrogens is 152 g/mol. The van der Waals surface area contributed by atoms with E-state index in [0.717, 1.165) is 6.42 Å². The number of hydrogen-bond donors (Lipinski definition) is 0. The quantitative estimate of drug-likeness (QED) is 0.614. The summed E-state index contributed by atoms with van der Waals surface area (Å²) in [5, 5.41) is 0. The molecule has 0 radical (unpaired) electrons. The van der Waals surface area contributed by atoms with Gasteiger partial charge in [0.2, 0.25) is 5.88 Å². The minimum absolute atomic E-state index is 0.394. The predicted octanol–water partition coefficient (Wildman–Crippen LogP) is 1.27. The summed E-state index contributed by atoms with van der Waals surface area (Å²) in [5.41, 5.74) is 0. The van der Waals surface area contributed by atoms with Crippen LogP contribution in [0.2, 0.25) is 0 Å². The summed E-state index contributed by atoms with van der Waals surface area (Å²) < 4.78 is 5.18. The molecule has 1 aromatic rings. The molecule has 0 aliphatic carbocycles. The van der Waals surface area contributed by atoms with Crippen molar-refractivity contribution in [1.29, 1.82) is 0 Å². The maximum Gasteiger partial charge on any atom is 0.217 e. The van der Waals surface area contributed by atoms with Gasteiger partial charge in [-0.3, -0.25) is 0 Å². The molecule has 3 heteroatoms. The van der Waals surface area contributed by atoms with E-state index in [9.17, 15) is 0 Å². The summed E-state index contributed by atoms with van der Waals surface area (Å²) in [6.45, 7) is 2.39. The third-order valence-corrected chi connectivity index (χ3v) is 1.15. The number of ether oxygens (including phenoxy) is 1. The van der Waals surface area contributed by atoms with Crippen molar-refractivity contribution >= 4 is 0 Å². The monoisotopic (exact) mass is 162 g/mol. The Morgan fingerprint density at radius 2 is 2.42 bits per heavy atom. The average Bonchev–Trinajstić information content (AvgIpc) is 2.14. The van der Waals surface area contributed by atoms with Gasteiger partial charge in [-0.15, -0.1) is 5.92 Å². The molecule has 0 bridgehead atoms. The van der Waals surface area contributed by atoms with E-state index in [0.29, 0.717) is 12.5 Å². The average molecular weight is 162 g/mol. The highest BCUT2D eigenvalue weighted by atomic mass is 16.5. The molecule has 0 saturated carbocycles. The van der Waals surface area contributed by atoms with E-state index < -0.39 is 0 Å².